The fraction of sp³-hybridized carbons (Fsp3) is 0. The molecule has 102 valence electrons. The van der Waals surface area contributed by atoms with Gasteiger partial charge in [-0.25, -0.2) is 0 Å². The molecule has 0 radical (unpaired) electrons. The normalized spacial score (nSPS) is 10.3. The molecule has 0 fully saturated rings. The van der Waals surface area contributed by atoms with Crippen molar-refractivity contribution >= 4 is 28.4 Å². The van der Waals surface area contributed by atoms with Gasteiger partial charge in [-0.1, -0.05) is 60.7 Å². The highest BCUT2D eigenvalue weighted by Crippen LogP contribution is 2.24. The van der Waals surface area contributed by atoms with Gasteiger partial charge in [-0.05, 0) is 51.9 Å². The lowest BCUT2D eigenvalue weighted by Gasteiger charge is -2.07. The van der Waals surface area contributed by atoms with Gasteiger partial charge >= 0.3 is 0 Å². The van der Waals surface area contributed by atoms with Gasteiger partial charge in [0, 0.05) is 14.7 Å². The van der Waals surface area contributed by atoms with Crippen molar-refractivity contribution in [1.29, 1.82) is 0 Å². The number of benzene rings is 3. The van der Waals surface area contributed by atoms with Gasteiger partial charge in [0.1, 0.15) is 0 Å². The van der Waals surface area contributed by atoms with Gasteiger partial charge in [0.2, 0.25) is 0 Å². The zero-order chi connectivity index (χ0) is 14.7. The van der Waals surface area contributed by atoms with Gasteiger partial charge < -0.3 is 0 Å². The Bertz CT molecular complexity index is 764. The van der Waals surface area contributed by atoms with Crippen molar-refractivity contribution in [3.63, 3.8) is 0 Å². The standard InChI is InChI=1S/C19H13IO/c20-18-12-16(14-7-3-1-4-8-14)11-17(13-18)19(21)15-9-5-2-6-10-15/h1-13H. The van der Waals surface area contributed by atoms with E-state index in [1.54, 1.807) is 0 Å². The molecule has 21 heavy (non-hydrogen) atoms. The molecule has 0 amide bonds. The summed E-state index contributed by atoms with van der Waals surface area (Å²) in [4.78, 5) is 12.6. The molecule has 0 heterocycles. The summed E-state index contributed by atoms with van der Waals surface area (Å²) in [7, 11) is 0. The Hall–Kier alpha value is -1.94. The fourth-order valence-corrected chi connectivity index (χ4v) is 2.95. The van der Waals surface area contributed by atoms with Crippen LogP contribution in [0.3, 0.4) is 0 Å². The first-order valence-corrected chi connectivity index (χ1v) is 7.78. The minimum Gasteiger partial charge on any atom is -0.289 e. The summed E-state index contributed by atoms with van der Waals surface area (Å²) < 4.78 is 1.06. The largest absolute Gasteiger partial charge is 0.289 e. The molecule has 0 N–H and O–H groups in total. The molecule has 3 rings (SSSR count). The molecule has 3 aromatic carbocycles. The number of ketones is 1. The van der Waals surface area contributed by atoms with Crippen LogP contribution in [0.15, 0.2) is 78.9 Å². The topological polar surface area (TPSA) is 17.1 Å². The summed E-state index contributed by atoms with van der Waals surface area (Å²) in [6.07, 6.45) is 0. The Morgan fingerprint density at radius 1 is 0.667 bits per heavy atom. The highest BCUT2D eigenvalue weighted by atomic mass is 127. The summed E-state index contributed by atoms with van der Waals surface area (Å²) in [6.45, 7) is 0. The number of hydrogen-bond donors (Lipinski definition) is 0. The predicted octanol–water partition coefficient (Wildman–Crippen LogP) is 5.19. The summed E-state index contributed by atoms with van der Waals surface area (Å²) in [5.41, 5.74) is 3.64. The van der Waals surface area contributed by atoms with Crippen LogP contribution in [0.5, 0.6) is 0 Å². The van der Waals surface area contributed by atoms with Gasteiger partial charge in [-0.3, -0.25) is 4.79 Å². The van der Waals surface area contributed by atoms with E-state index in [1.807, 2.05) is 60.7 Å². The fourth-order valence-electron chi connectivity index (χ4n) is 2.27. The summed E-state index contributed by atoms with van der Waals surface area (Å²) in [5, 5.41) is 0. The average Bonchev–Trinajstić information content (AvgIpc) is 2.55. The van der Waals surface area contributed by atoms with Crippen LogP contribution >= 0.6 is 22.6 Å². The number of hydrogen-bond acceptors (Lipinski definition) is 1. The zero-order valence-electron chi connectivity index (χ0n) is 11.3. The maximum Gasteiger partial charge on any atom is 0.193 e. The van der Waals surface area contributed by atoms with E-state index < -0.39 is 0 Å². The lowest BCUT2D eigenvalue weighted by Crippen LogP contribution is -2.01. The smallest absolute Gasteiger partial charge is 0.193 e. The maximum atomic E-state index is 12.6. The molecule has 2 heteroatoms. The van der Waals surface area contributed by atoms with Crippen molar-refractivity contribution in [2.45, 2.75) is 0 Å². The van der Waals surface area contributed by atoms with E-state index in [1.165, 1.54) is 0 Å². The van der Waals surface area contributed by atoms with Crippen molar-refractivity contribution in [2.75, 3.05) is 0 Å². The van der Waals surface area contributed by atoms with Gasteiger partial charge in [0.25, 0.3) is 0 Å². The zero-order valence-corrected chi connectivity index (χ0v) is 13.4. The summed E-state index contributed by atoms with van der Waals surface area (Å²) >= 11 is 2.26. The molecule has 0 saturated heterocycles. The van der Waals surface area contributed by atoms with Gasteiger partial charge in [0.15, 0.2) is 5.78 Å². The predicted molar refractivity (Wildman–Crippen MR) is 94.5 cm³/mol. The Morgan fingerprint density at radius 2 is 1.29 bits per heavy atom. The number of carbonyl (C=O) groups is 1. The molecule has 0 aliphatic heterocycles. The minimum atomic E-state index is 0.0614. The molecule has 0 aliphatic carbocycles. The second-order valence-electron chi connectivity index (χ2n) is 4.79. The Labute approximate surface area is 137 Å². The quantitative estimate of drug-likeness (QED) is 0.449. The van der Waals surface area contributed by atoms with Crippen LogP contribution in [-0.2, 0) is 0 Å². The van der Waals surface area contributed by atoms with E-state index >= 15 is 0 Å². The van der Waals surface area contributed by atoms with Crippen molar-refractivity contribution in [2.24, 2.45) is 0 Å². The molecular formula is C19H13IO. The van der Waals surface area contributed by atoms with Crippen LogP contribution in [0, 0.1) is 3.57 Å². The Balaban J connectivity index is 2.05. The van der Waals surface area contributed by atoms with E-state index in [0.717, 1.165) is 25.8 Å². The third kappa shape index (κ3) is 3.22. The Kier molecular flexibility index (Phi) is 4.15. The Morgan fingerprint density at radius 3 is 1.95 bits per heavy atom. The monoisotopic (exact) mass is 384 g/mol. The van der Waals surface area contributed by atoms with Crippen LogP contribution in [-0.4, -0.2) is 5.78 Å². The lowest BCUT2D eigenvalue weighted by molar-refractivity contribution is 0.103. The number of halogens is 1. The summed E-state index contributed by atoms with van der Waals surface area (Å²) in [6, 6.07) is 25.5. The third-order valence-corrected chi connectivity index (χ3v) is 3.93. The second-order valence-corrected chi connectivity index (χ2v) is 6.04. The van der Waals surface area contributed by atoms with E-state index in [2.05, 4.69) is 40.8 Å². The SMILES string of the molecule is O=C(c1ccccc1)c1cc(I)cc(-c2ccccc2)c1. The molecule has 0 unspecified atom stereocenters. The highest BCUT2D eigenvalue weighted by Gasteiger charge is 2.11. The van der Waals surface area contributed by atoms with E-state index in [0.29, 0.717) is 0 Å². The van der Waals surface area contributed by atoms with Crippen LogP contribution in [0.4, 0.5) is 0 Å². The molecule has 0 aromatic heterocycles. The average molecular weight is 384 g/mol. The van der Waals surface area contributed by atoms with E-state index in [-0.39, 0.29) is 5.78 Å². The van der Waals surface area contributed by atoms with Crippen LogP contribution in [0.1, 0.15) is 15.9 Å². The number of carbonyl (C=O) groups excluding carboxylic acids is 1. The molecule has 3 aromatic rings. The summed E-state index contributed by atoms with van der Waals surface area (Å²) in [5.74, 6) is 0.0614. The van der Waals surface area contributed by atoms with E-state index in [9.17, 15) is 4.79 Å². The second kappa shape index (κ2) is 6.22. The van der Waals surface area contributed by atoms with Gasteiger partial charge in [0.05, 0.1) is 0 Å². The van der Waals surface area contributed by atoms with Crippen molar-refractivity contribution < 1.29 is 4.79 Å². The lowest BCUT2D eigenvalue weighted by atomic mass is 9.98. The molecule has 0 bridgehead atoms. The molecular weight excluding hydrogens is 371 g/mol. The minimum absolute atomic E-state index is 0.0614. The first kappa shape index (κ1) is 14.0. The van der Waals surface area contributed by atoms with Gasteiger partial charge in [-0.15, -0.1) is 0 Å². The molecule has 0 saturated carbocycles. The highest BCUT2D eigenvalue weighted by molar-refractivity contribution is 14.1. The van der Waals surface area contributed by atoms with Crippen molar-refractivity contribution in [3.05, 3.63) is 93.6 Å². The molecule has 1 nitrogen and oxygen atoms in total. The maximum absolute atomic E-state index is 12.6. The first-order chi connectivity index (χ1) is 10.2. The third-order valence-electron chi connectivity index (χ3n) is 3.30. The first-order valence-electron chi connectivity index (χ1n) is 6.70. The molecule has 0 spiro atoms. The van der Waals surface area contributed by atoms with Crippen molar-refractivity contribution in [3.8, 4) is 11.1 Å². The number of rotatable bonds is 3. The van der Waals surface area contributed by atoms with Crippen LogP contribution in [0.2, 0.25) is 0 Å². The van der Waals surface area contributed by atoms with E-state index in [4.69, 9.17) is 0 Å². The van der Waals surface area contributed by atoms with Gasteiger partial charge in [-0.2, -0.15) is 0 Å². The van der Waals surface area contributed by atoms with Crippen LogP contribution < -0.4 is 0 Å². The van der Waals surface area contributed by atoms with Crippen molar-refractivity contribution in [1.82, 2.24) is 0 Å². The van der Waals surface area contributed by atoms with Crippen LogP contribution in [0.25, 0.3) is 11.1 Å². The molecule has 0 aliphatic rings. The molecule has 0 atom stereocenters.